The van der Waals surface area contributed by atoms with E-state index in [0.717, 1.165) is 11.1 Å². The fourth-order valence-electron chi connectivity index (χ4n) is 2.34. The van der Waals surface area contributed by atoms with Crippen LogP contribution in [0.1, 0.15) is 0 Å². The number of thiophene rings is 1. The molecule has 0 aliphatic carbocycles. The molecule has 2 heteroatoms. The predicted octanol–water partition coefficient (Wildman–Crippen LogP) is 4.92. The molecule has 89 valence electrons. The van der Waals surface area contributed by atoms with Crippen LogP contribution in [-0.4, -0.2) is 4.98 Å². The van der Waals surface area contributed by atoms with E-state index in [-0.39, 0.29) is 0 Å². The van der Waals surface area contributed by atoms with E-state index in [9.17, 15) is 0 Å². The normalized spacial score (nSPS) is 11.2. The van der Waals surface area contributed by atoms with E-state index in [0.29, 0.717) is 0 Å². The lowest BCUT2D eigenvalue weighted by Gasteiger charge is -2.00. The van der Waals surface area contributed by atoms with E-state index in [1.54, 1.807) is 6.20 Å². The summed E-state index contributed by atoms with van der Waals surface area (Å²) < 4.78 is 2.60. The second-order valence-electron chi connectivity index (χ2n) is 4.45. The van der Waals surface area contributed by atoms with Crippen molar-refractivity contribution in [2.75, 3.05) is 0 Å². The zero-order valence-electron chi connectivity index (χ0n) is 10.1. The van der Waals surface area contributed by atoms with Crippen molar-refractivity contribution in [1.29, 1.82) is 0 Å². The molecule has 0 saturated carbocycles. The van der Waals surface area contributed by atoms with Gasteiger partial charge in [-0.3, -0.25) is 4.98 Å². The summed E-state index contributed by atoms with van der Waals surface area (Å²) in [4.78, 5) is 4.17. The van der Waals surface area contributed by atoms with Gasteiger partial charge in [0.25, 0.3) is 0 Å². The van der Waals surface area contributed by atoms with Gasteiger partial charge >= 0.3 is 0 Å². The van der Waals surface area contributed by atoms with E-state index >= 15 is 0 Å². The van der Waals surface area contributed by atoms with Crippen LogP contribution >= 0.6 is 11.3 Å². The lowest BCUT2D eigenvalue weighted by Crippen LogP contribution is -1.79. The molecule has 0 N–H and O–H groups in total. The maximum absolute atomic E-state index is 4.17. The SMILES string of the molecule is [c]1c(-c2cccnc2)ccc2sc3ccccc3c12. The highest BCUT2D eigenvalue weighted by Gasteiger charge is 2.06. The zero-order valence-corrected chi connectivity index (χ0v) is 10.9. The Morgan fingerprint density at radius 1 is 0.895 bits per heavy atom. The molecule has 0 spiro atoms. The third kappa shape index (κ3) is 1.72. The fourth-order valence-corrected chi connectivity index (χ4v) is 3.40. The minimum Gasteiger partial charge on any atom is -0.264 e. The Balaban J connectivity index is 2.03. The molecule has 1 nitrogen and oxygen atoms in total. The van der Waals surface area contributed by atoms with E-state index < -0.39 is 0 Å². The van der Waals surface area contributed by atoms with E-state index in [1.807, 2.05) is 23.6 Å². The van der Waals surface area contributed by atoms with Crippen molar-refractivity contribution in [3.8, 4) is 11.1 Å². The van der Waals surface area contributed by atoms with Gasteiger partial charge in [0.2, 0.25) is 0 Å². The molecular formula is C17H10NS. The van der Waals surface area contributed by atoms with Crippen molar-refractivity contribution in [2.24, 2.45) is 0 Å². The van der Waals surface area contributed by atoms with E-state index in [1.165, 1.54) is 20.2 Å². The number of fused-ring (bicyclic) bond motifs is 3. The van der Waals surface area contributed by atoms with Gasteiger partial charge in [-0.1, -0.05) is 30.3 Å². The Kier molecular flexibility index (Phi) is 2.35. The Labute approximate surface area is 115 Å². The minimum absolute atomic E-state index is 1.10. The van der Waals surface area contributed by atoms with Crippen LogP contribution in [0, 0.1) is 6.07 Å². The van der Waals surface area contributed by atoms with Gasteiger partial charge in [0.15, 0.2) is 0 Å². The summed E-state index contributed by atoms with van der Waals surface area (Å²) in [5.74, 6) is 0. The second-order valence-corrected chi connectivity index (χ2v) is 5.53. The first-order valence-corrected chi connectivity index (χ1v) is 6.97. The summed E-state index contributed by atoms with van der Waals surface area (Å²) in [6.07, 6.45) is 3.67. The molecule has 0 bridgehead atoms. The van der Waals surface area contributed by atoms with Crippen LogP contribution in [0.5, 0.6) is 0 Å². The van der Waals surface area contributed by atoms with Crippen molar-refractivity contribution in [3.63, 3.8) is 0 Å². The fraction of sp³-hybridized carbons (Fsp3) is 0. The van der Waals surface area contributed by atoms with Gasteiger partial charge < -0.3 is 0 Å². The Bertz CT molecular complexity index is 862. The highest BCUT2D eigenvalue weighted by Crippen LogP contribution is 2.35. The number of aromatic nitrogens is 1. The van der Waals surface area contributed by atoms with Gasteiger partial charge in [0.1, 0.15) is 0 Å². The number of pyridine rings is 1. The van der Waals surface area contributed by atoms with Gasteiger partial charge in [0.05, 0.1) is 0 Å². The smallest absolute Gasteiger partial charge is 0.0362 e. The minimum atomic E-state index is 1.10. The van der Waals surface area contributed by atoms with Gasteiger partial charge in [-0.15, -0.1) is 11.3 Å². The predicted molar refractivity (Wildman–Crippen MR) is 81.4 cm³/mol. The van der Waals surface area contributed by atoms with Crippen molar-refractivity contribution in [3.05, 3.63) is 67.0 Å². The summed E-state index contributed by atoms with van der Waals surface area (Å²) >= 11 is 1.82. The molecule has 0 saturated heterocycles. The summed E-state index contributed by atoms with van der Waals surface area (Å²) in [5.41, 5.74) is 2.21. The molecule has 4 aromatic rings. The highest BCUT2D eigenvalue weighted by atomic mass is 32.1. The molecular weight excluding hydrogens is 250 g/mol. The first-order valence-electron chi connectivity index (χ1n) is 6.16. The molecule has 0 aliphatic heterocycles. The molecule has 0 fully saturated rings. The maximum atomic E-state index is 4.17. The lowest BCUT2D eigenvalue weighted by molar-refractivity contribution is 1.33. The highest BCUT2D eigenvalue weighted by molar-refractivity contribution is 7.25. The molecule has 2 aromatic carbocycles. The van der Waals surface area contributed by atoms with Gasteiger partial charge in [-0.25, -0.2) is 0 Å². The average Bonchev–Trinajstić information content (AvgIpc) is 2.86. The van der Waals surface area contributed by atoms with Crippen LogP contribution in [-0.2, 0) is 0 Å². The Morgan fingerprint density at radius 3 is 2.74 bits per heavy atom. The van der Waals surface area contributed by atoms with Crippen molar-refractivity contribution >= 4 is 31.5 Å². The first kappa shape index (κ1) is 10.7. The molecule has 1 radical (unpaired) electrons. The van der Waals surface area contributed by atoms with Gasteiger partial charge in [-0.2, -0.15) is 0 Å². The molecule has 0 amide bonds. The molecule has 0 aliphatic rings. The number of hydrogen-bond acceptors (Lipinski definition) is 2. The van der Waals surface area contributed by atoms with Crippen LogP contribution in [0.25, 0.3) is 31.3 Å². The molecule has 19 heavy (non-hydrogen) atoms. The van der Waals surface area contributed by atoms with Crippen molar-refractivity contribution < 1.29 is 0 Å². The molecule has 2 heterocycles. The summed E-state index contributed by atoms with van der Waals surface area (Å²) in [7, 11) is 0. The topological polar surface area (TPSA) is 12.9 Å². The number of hydrogen-bond donors (Lipinski definition) is 0. The summed E-state index contributed by atoms with van der Waals surface area (Å²) in [5, 5.41) is 2.50. The van der Waals surface area contributed by atoms with Crippen LogP contribution in [0.15, 0.2) is 60.9 Å². The van der Waals surface area contributed by atoms with Crippen LogP contribution in [0.4, 0.5) is 0 Å². The summed E-state index contributed by atoms with van der Waals surface area (Å²) in [6.45, 7) is 0. The standard InChI is InChI=1S/C17H10NS/c1-2-6-16-14(5-1)15-10-12(7-8-17(15)19-16)13-4-3-9-18-11-13/h1-9,11H. The maximum Gasteiger partial charge on any atom is 0.0362 e. The van der Waals surface area contributed by atoms with Gasteiger partial charge in [-0.05, 0) is 23.8 Å². The molecule has 0 atom stereocenters. The number of nitrogens with zero attached hydrogens (tertiary/aromatic N) is 1. The lowest BCUT2D eigenvalue weighted by atomic mass is 10.0. The van der Waals surface area contributed by atoms with E-state index in [4.69, 9.17) is 0 Å². The average molecular weight is 260 g/mol. The zero-order chi connectivity index (χ0) is 12.7. The third-order valence-electron chi connectivity index (χ3n) is 3.26. The Morgan fingerprint density at radius 2 is 1.84 bits per heavy atom. The monoisotopic (exact) mass is 260 g/mol. The van der Waals surface area contributed by atoms with E-state index in [2.05, 4.69) is 53.5 Å². The molecule has 2 aromatic heterocycles. The van der Waals surface area contributed by atoms with Crippen LogP contribution in [0.2, 0.25) is 0 Å². The largest absolute Gasteiger partial charge is 0.264 e. The third-order valence-corrected chi connectivity index (χ3v) is 4.39. The quantitative estimate of drug-likeness (QED) is 0.473. The number of rotatable bonds is 1. The van der Waals surface area contributed by atoms with Crippen LogP contribution in [0.3, 0.4) is 0 Å². The number of benzene rings is 2. The van der Waals surface area contributed by atoms with Crippen LogP contribution < -0.4 is 0 Å². The van der Waals surface area contributed by atoms with Gasteiger partial charge in [0, 0.05) is 44.2 Å². The van der Waals surface area contributed by atoms with Crippen molar-refractivity contribution in [2.45, 2.75) is 0 Å². The second kappa shape index (κ2) is 4.18. The molecule has 0 unspecified atom stereocenters. The van der Waals surface area contributed by atoms with Crippen molar-refractivity contribution in [1.82, 2.24) is 4.98 Å². The molecule has 4 rings (SSSR count). The summed E-state index contributed by atoms with van der Waals surface area (Å²) in [6, 6.07) is 20.4. The first-order chi connectivity index (χ1) is 9.42. The Hall–Kier alpha value is -2.19.